The summed E-state index contributed by atoms with van der Waals surface area (Å²) in [5.41, 5.74) is 5.30. The minimum absolute atomic E-state index is 0. The first kappa shape index (κ1) is 57.3. The maximum atomic E-state index is 11.8. The van der Waals surface area contributed by atoms with Crippen LogP contribution in [0.3, 0.4) is 0 Å². The molecule has 3 aliphatic rings. The Balaban J connectivity index is 0.000000297. The zero-order valence-electron chi connectivity index (χ0n) is 40.8. The number of hydrogen-bond donors (Lipinski definition) is 1. The molecule has 1 N–H and O–H groups in total. The summed E-state index contributed by atoms with van der Waals surface area (Å²) in [6.07, 6.45) is 0. The Labute approximate surface area is 416 Å². The third-order valence-corrected chi connectivity index (χ3v) is 10.1. The SMILES string of the molecule is COc1ccccc1N1CCN(OC(C)(C)C)CC1.COc1ccccc1N1CCNCC1.COc1ccccc1N1CC[N-]CC1.Cc1cccc(C)c1C(=O)OOC(C)(C)C.[Br-].[Mg+2]. The van der Waals surface area contributed by atoms with Crippen molar-refractivity contribution in [3.8, 4) is 17.2 Å². The summed E-state index contributed by atoms with van der Waals surface area (Å²) in [4.78, 5) is 34.5. The van der Waals surface area contributed by atoms with E-state index in [2.05, 4.69) is 81.5 Å². The third-order valence-electron chi connectivity index (χ3n) is 10.1. The number of ether oxygens (including phenoxy) is 3. The van der Waals surface area contributed by atoms with Gasteiger partial charge in [0.05, 0.1) is 49.6 Å². The summed E-state index contributed by atoms with van der Waals surface area (Å²) in [6, 6.07) is 30.2. The average molecular weight is 974 g/mol. The molecule has 0 unspecified atom stereocenters. The second-order valence-electron chi connectivity index (χ2n) is 17.4. The van der Waals surface area contributed by atoms with Crippen LogP contribution in [0.15, 0.2) is 91.0 Å². The number of nitrogens with zero attached hydrogens (tertiary/aromatic N) is 5. The van der Waals surface area contributed by atoms with Crippen LogP contribution in [0, 0.1) is 13.8 Å². The van der Waals surface area contributed by atoms with E-state index in [1.165, 1.54) is 17.1 Å². The van der Waals surface area contributed by atoms with Crippen LogP contribution in [0.25, 0.3) is 5.32 Å². The van der Waals surface area contributed by atoms with E-state index < -0.39 is 11.6 Å². The molecule has 15 heteroatoms. The molecule has 0 radical (unpaired) electrons. The number of hydroxylamine groups is 2. The van der Waals surface area contributed by atoms with Gasteiger partial charge in [0, 0.05) is 52.4 Å². The standard InChI is InChI=1S/C15H24N2O2.C13H18O3.C11H16N2O.C11H15N2O.BrH.Mg/c1-15(2,3)19-17-11-9-16(10-12-17)13-7-5-6-8-14(13)18-4;1-9-7-6-8-10(2)11(9)12(14)15-16-13(3,4)5;2*1-14-11-5-3-2-4-10(11)13-8-6-12-7-9-13;;/h5-8H,9-12H2,1-4H3;6-8H,1-5H3;2-5,12H,6-9H2,1H3;2-5H,6-9H2,1H3;1H;/q;;;-1;;+2/p-1. The molecule has 65 heavy (non-hydrogen) atoms. The fraction of sp³-hybridized carbons (Fsp3) is 0.500. The molecular weight excluding hydrogens is 901 g/mol. The topological polar surface area (TPSA) is 112 Å². The van der Waals surface area contributed by atoms with Crippen LogP contribution in [0.2, 0.25) is 0 Å². The van der Waals surface area contributed by atoms with Crippen LogP contribution in [-0.4, -0.2) is 145 Å². The Morgan fingerprint density at radius 1 is 0.554 bits per heavy atom. The average Bonchev–Trinajstić information content (AvgIpc) is 3.29. The van der Waals surface area contributed by atoms with Gasteiger partial charge in [0.25, 0.3) is 0 Å². The minimum Gasteiger partial charge on any atom is -1.00 e. The number of carbonyl (C=O) groups excluding carboxylic acids is 1. The zero-order valence-corrected chi connectivity index (χ0v) is 43.8. The maximum Gasteiger partial charge on any atom is 2.00 e. The summed E-state index contributed by atoms with van der Waals surface area (Å²) >= 11 is 0. The number of rotatable bonds is 9. The van der Waals surface area contributed by atoms with Crippen molar-refractivity contribution in [2.24, 2.45) is 0 Å². The number of hydrogen-bond acceptors (Lipinski definition) is 12. The van der Waals surface area contributed by atoms with Gasteiger partial charge in [-0.2, -0.15) is 9.95 Å². The Bertz CT molecular complexity index is 1880. The van der Waals surface area contributed by atoms with Crippen LogP contribution < -0.4 is 51.2 Å². The predicted octanol–water partition coefficient (Wildman–Crippen LogP) is 5.35. The molecule has 3 fully saturated rings. The molecule has 4 aromatic rings. The number of aryl methyl sites for hydroxylation is 2. The quantitative estimate of drug-likeness (QED) is 0.133. The van der Waals surface area contributed by atoms with Crippen molar-refractivity contribution in [1.29, 1.82) is 0 Å². The summed E-state index contributed by atoms with van der Waals surface area (Å²) in [5, 5.41) is 9.73. The van der Waals surface area contributed by atoms with Crippen LogP contribution in [-0.2, 0) is 14.6 Å². The van der Waals surface area contributed by atoms with E-state index in [0.717, 1.165) is 107 Å². The van der Waals surface area contributed by atoms with E-state index in [-0.39, 0.29) is 45.6 Å². The molecule has 0 aliphatic carbocycles. The molecule has 0 spiro atoms. The number of nitrogens with one attached hydrogen (secondary N) is 1. The normalized spacial score (nSPS) is 15.2. The maximum absolute atomic E-state index is 11.8. The molecule has 13 nitrogen and oxygen atoms in total. The van der Waals surface area contributed by atoms with Gasteiger partial charge in [0.15, 0.2) is 0 Å². The number of anilines is 3. The van der Waals surface area contributed by atoms with Gasteiger partial charge in [0.2, 0.25) is 0 Å². The van der Waals surface area contributed by atoms with Gasteiger partial charge in [0.1, 0.15) is 22.8 Å². The van der Waals surface area contributed by atoms with E-state index in [4.69, 9.17) is 28.8 Å². The molecule has 354 valence electrons. The summed E-state index contributed by atoms with van der Waals surface area (Å²) in [6.45, 7) is 27.3. The van der Waals surface area contributed by atoms with E-state index >= 15 is 0 Å². The fourth-order valence-corrected chi connectivity index (χ4v) is 7.17. The Morgan fingerprint density at radius 2 is 0.954 bits per heavy atom. The Morgan fingerprint density at radius 3 is 1.35 bits per heavy atom. The van der Waals surface area contributed by atoms with Gasteiger partial charge in [-0.15, -0.1) is 13.1 Å². The van der Waals surface area contributed by atoms with Crippen molar-refractivity contribution < 1.29 is 50.6 Å². The van der Waals surface area contributed by atoms with Crippen LogP contribution in [0.1, 0.15) is 63.0 Å². The van der Waals surface area contributed by atoms with Crippen molar-refractivity contribution in [3.63, 3.8) is 0 Å². The van der Waals surface area contributed by atoms with Crippen molar-refractivity contribution in [2.75, 3.05) is 115 Å². The predicted molar refractivity (Wildman–Crippen MR) is 262 cm³/mol. The Kier molecular flexibility index (Phi) is 25.6. The first-order chi connectivity index (χ1) is 30.1. The monoisotopic (exact) mass is 972 g/mol. The summed E-state index contributed by atoms with van der Waals surface area (Å²) in [7, 11) is 5.16. The molecule has 0 amide bonds. The van der Waals surface area contributed by atoms with Gasteiger partial charge in [-0.05, 0) is 116 Å². The van der Waals surface area contributed by atoms with Gasteiger partial charge in [-0.3, -0.25) is 9.73 Å². The number of benzene rings is 4. The van der Waals surface area contributed by atoms with Crippen LogP contribution in [0.5, 0.6) is 17.2 Å². The van der Waals surface area contributed by atoms with Crippen molar-refractivity contribution in [2.45, 2.75) is 66.6 Å². The van der Waals surface area contributed by atoms with Crippen LogP contribution in [0.4, 0.5) is 17.1 Å². The third kappa shape index (κ3) is 19.5. The molecule has 4 aromatic carbocycles. The summed E-state index contributed by atoms with van der Waals surface area (Å²) < 4.78 is 16.1. The number of halogens is 1. The molecular formula is C50H73BrMgN6O7. The van der Waals surface area contributed by atoms with Gasteiger partial charge < -0.3 is 56.5 Å². The summed E-state index contributed by atoms with van der Waals surface area (Å²) in [5.74, 6) is 2.42. The van der Waals surface area contributed by atoms with Crippen molar-refractivity contribution in [3.05, 3.63) is 113 Å². The van der Waals surface area contributed by atoms with Gasteiger partial charge in [-0.25, -0.2) is 4.79 Å². The molecule has 0 atom stereocenters. The molecule has 0 saturated carbocycles. The molecule has 3 heterocycles. The van der Waals surface area contributed by atoms with Crippen molar-refractivity contribution in [1.82, 2.24) is 10.4 Å². The largest absolute Gasteiger partial charge is 2.00 e. The zero-order chi connectivity index (χ0) is 45.8. The van der Waals surface area contributed by atoms with E-state index in [9.17, 15) is 4.79 Å². The van der Waals surface area contributed by atoms with Crippen LogP contribution >= 0.6 is 0 Å². The molecule has 0 bridgehead atoms. The van der Waals surface area contributed by atoms with E-state index in [1.807, 2.05) is 95.3 Å². The van der Waals surface area contributed by atoms with E-state index in [1.54, 1.807) is 21.3 Å². The smallest absolute Gasteiger partial charge is 1.00 e. The number of carbonyl (C=O) groups is 1. The van der Waals surface area contributed by atoms with Crippen molar-refractivity contribution >= 4 is 46.1 Å². The molecule has 3 aliphatic heterocycles. The second kappa shape index (κ2) is 29.1. The minimum atomic E-state index is -0.494. The molecule has 0 aromatic heterocycles. The first-order valence-corrected chi connectivity index (χ1v) is 22.0. The number of piperazine rings is 3. The Hall–Kier alpha value is -3.80. The second-order valence-corrected chi connectivity index (χ2v) is 17.4. The fourth-order valence-electron chi connectivity index (χ4n) is 7.17. The number of para-hydroxylation sites is 6. The van der Waals surface area contributed by atoms with Gasteiger partial charge in [-0.1, -0.05) is 54.6 Å². The van der Waals surface area contributed by atoms with E-state index in [0.29, 0.717) is 5.56 Å². The first-order valence-electron chi connectivity index (χ1n) is 22.0. The number of methoxy groups -OCH3 is 3. The van der Waals surface area contributed by atoms with Gasteiger partial charge >= 0.3 is 29.0 Å². The molecule has 7 rings (SSSR count). The molecule has 3 saturated heterocycles.